The highest BCUT2D eigenvalue weighted by Gasteiger charge is 2.00. The first-order valence-corrected chi connectivity index (χ1v) is 5.04. The summed E-state index contributed by atoms with van der Waals surface area (Å²) in [5, 5.41) is 3.12. The zero-order chi connectivity index (χ0) is 10.4. The van der Waals surface area contributed by atoms with Gasteiger partial charge >= 0.3 is 0 Å². The zero-order valence-corrected chi connectivity index (χ0v) is 10.8. The summed E-state index contributed by atoms with van der Waals surface area (Å²) in [6, 6.07) is 5.95. The van der Waals surface area contributed by atoms with Crippen molar-refractivity contribution in [2.24, 2.45) is 0 Å². The minimum Gasteiger partial charge on any atom is -0.496 e. The molecule has 0 fully saturated rings. The van der Waals surface area contributed by atoms with Gasteiger partial charge < -0.3 is 10.1 Å². The Kier molecular flexibility index (Phi) is 7.23. The predicted octanol–water partition coefficient (Wildman–Crippen LogP) is 2.60. The molecular weight excluding hydrogens is 277 g/mol. The number of rotatable bonds is 4. The lowest BCUT2D eigenvalue weighted by molar-refractivity contribution is 0.412. The summed E-state index contributed by atoms with van der Waals surface area (Å²) in [4.78, 5) is 0. The van der Waals surface area contributed by atoms with Gasteiger partial charge in [-0.1, -0.05) is 12.0 Å². The number of nitrogens with one attached hydrogen (secondary N) is 1. The molecule has 2 nitrogen and oxygen atoms in total. The monoisotopic (exact) mass is 289 g/mol. The van der Waals surface area contributed by atoms with Crippen LogP contribution in [0.15, 0.2) is 22.7 Å². The average Bonchev–Trinajstić information content (AvgIpc) is 2.18. The van der Waals surface area contributed by atoms with Gasteiger partial charge in [-0.3, -0.25) is 0 Å². The summed E-state index contributed by atoms with van der Waals surface area (Å²) >= 11 is 3.42. The van der Waals surface area contributed by atoms with Gasteiger partial charge in [0.05, 0.1) is 18.1 Å². The summed E-state index contributed by atoms with van der Waals surface area (Å²) in [7, 11) is 1.65. The number of methoxy groups -OCH3 is 1. The fourth-order valence-corrected chi connectivity index (χ4v) is 1.69. The Bertz CT molecular complexity index is 349. The highest BCUT2D eigenvalue weighted by Crippen LogP contribution is 2.25. The third-order valence-corrected chi connectivity index (χ3v) is 2.39. The molecule has 0 saturated heterocycles. The van der Waals surface area contributed by atoms with E-state index in [-0.39, 0.29) is 12.4 Å². The number of benzene rings is 1. The summed E-state index contributed by atoms with van der Waals surface area (Å²) in [5.41, 5.74) is 1.17. The topological polar surface area (TPSA) is 21.3 Å². The Morgan fingerprint density at radius 2 is 2.27 bits per heavy atom. The zero-order valence-electron chi connectivity index (χ0n) is 8.42. The average molecular weight is 291 g/mol. The van der Waals surface area contributed by atoms with Crippen molar-refractivity contribution in [1.82, 2.24) is 5.32 Å². The summed E-state index contributed by atoms with van der Waals surface area (Å²) in [6.45, 7) is 1.36. The summed E-state index contributed by atoms with van der Waals surface area (Å²) in [5.74, 6) is 3.37. The molecule has 0 heterocycles. The van der Waals surface area contributed by atoms with Gasteiger partial charge in [-0.15, -0.1) is 18.8 Å². The van der Waals surface area contributed by atoms with Crippen LogP contribution in [0.1, 0.15) is 5.56 Å². The van der Waals surface area contributed by atoms with Gasteiger partial charge in [0.2, 0.25) is 0 Å². The van der Waals surface area contributed by atoms with Crippen LogP contribution in [0.4, 0.5) is 0 Å². The number of terminal acetylenes is 1. The lowest BCUT2D eigenvalue weighted by atomic mass is 10.2. The lowest BCUT2D eigenvalue weighted by Gasteiger charge is -2.06. The Balaban J connectivity index is 0.00000196. The van der Waals surface area contributed by atoms with Gasteiger partial charge in [0, 0.05) is 6.54 Å². The second-order valence-electron chi connectivity index (χ2n) is 2.78. The van der Waals surface area contributed by atoms with Crippen molar-refractivity contribution < 1.29 is 4.74 Å². The third-order valence-electron chi connectivity index (χ3n) is 1.77. The SMILES string of the molecule is C#CCNCc1ccc(OC)c(Br)c1.Cl. The van der Waals surface area contributed by atoms with Gasteiger partial charge in [0.15, 0.2) is 0 Å². The number of hydrogen-bond donors (Lipinski definition) is 1. The van der Waals surface area contributed by atoms with E-state index in [0.717, 1.165) is 16.8 Å². The van der Waals surface area contributed by atoms with Gasteiger partial charge in [0.25, 0.3) is 0 Å². The van der Waals surface area contributed by atoms with Crippen LogP contribution in [0.2, 0.25) is 0 Å². The molecule has 0 saturated carbocycles. The van der Waals surface area contributed by atoms with Crippen molar-refractivity contribution in [1.29, 1.82) is 0 Å². The van der Waals surface area contributed by atoms with E-state index in [9.17, 15) is 0 Å². The second kappa shape index (κ2) is 7.58. The van der Waals surface area contributed by atoms with Gasteiger partial charge in [-0.2, -0.15) is 0 Å². The predicted molar refractivity (Wildman–Crippen MR) is 68.5 cm³/mol. The van der Waals surface area contributed by atoms with E-state index in [0.29, 0.717) is 6.54 Å². The van der Waals surface area contributed by atoms with E-state index in [1.54, 1.807) is 7.11 Å². The molecule has 0 amide bonds. The Hall–Kier alpha value is -0.690. The van der Waals surface area contributed by atoms with Gasteiger partial charge in [0.1, 0.15) is 5.75 Å². The normalized spacial score (nSPS) is 8.87. The Morgan fingerprint density at radius 3 is 2.80 bits per heavy atom. The molecule has 82 valence electrons. The molecule has 0 bridgehead atoms. The van der Waals surface area contributed by atoms with Gasteiger partial charge in [-0.25, -0.2) is 0 Å². The first-order chi connectivity index (χ1) is 6.77. The molecule has 0 radical (unpaired) electrons. The molecule has 0 aliphatic rings. The van der Waals surface area contributed by atoms with E-state index in [1.807, 2.05) is 18.2 Å². The molecular formula is C11H13BrClNO. The van der Waals surface area contributed by atoms with Crippen LogP contribution < -0.4 is 10.1 Å². The molecule has 1 rings (SSSR count). The van der Waals surface area contributed by atoms with Crippen LogP contribution >= 0.6 is 28.3 Å². The second-order valence-corrected chi connectivity index (χ2v) is 3.63. The fourth-order valence-electron chi connectivity index (χ4n) is 1.10. The smallest absolute Gasteiger partial charge is 0.133 e. The number of ether oxygens (including phenoxy) is 1. The lowest BCUT2D eigenvalue weighted by Crippen LogP contribution is -2.12. The maximum Gasteiger partial charge on any atom is 0.133 e. The van der Waals surface area contributed by atoms with Crippen LogP contribution in [0.25, 0.3) is 0 Å². The first-order valence-electron chi connectivity index (χ1n) is 4.24. The molecule has 0 spiro atoms. The van der Waals surface area contributed by atoms with Crippen LogP contribution in [0, 0.1) is 12.3 Å². The van der Waals surface area contributed by atoms with E-state index < -0.39 is 0 Å². The van der Waals surface area contributed by atoms with Crippen LogP contribution in [0.5, 0.6) is 5.75 Å². The largest absolute Gasteiger partial charge is 0.496 e. The maximum atomic E-state index is 5.13. The summed E-state index contributed by atoms with van der Waals surface area (Å²) < 4.78 is 6.08. The molecule has 1 aromatic carbocycles. The minimum atomic E-state index is 0. The molecule has 0 aromatic heterocycles. The highest BCUT2D eigenvalue weighted by molar-refractivity contribution is 9.10. The molecule has 1 aromatic rings. The molecule has 0 aliphatic carbocycles. The fraction of sp³-hybridized carbons (Fsp3) is 0.273. The quantitative estimate of drug-likeness (QED) is 0.680. The van der Waals surface area contributed by atoms with Crippen molar-refractivity contribution in [3.05, 3.63) is 28.2 Å². The Morgan fingerprint density at radius 1 is 1.53 bits per heavy atom. The highest BCUT2D eigenvalue weighted by atomic mass is 79.9. The van der Waals surface area contributed by atoms with Gasteiger partial charge in [-0.05, 0) is 33.6 Å². The van der Waals surface area contributed by atoms with E-state index in [1.165, 1.54) is 5.56 Å². The minimum absolute atomic E-state index is 0. The van der Waals surface area contributed by atoms with Crippen molar-refractivity contribution in [2.75, 3.05) is 13.7 Å². The Labute approximate surface area is 105 Å². The maximum absolute atomic E-state index is 5.13. The number of hydrogen-bond acceptors (Lipinski definition) is 2. The summed E-state index contributed by atoms with van der Waals surface area (Å²) in [6.07, 6.45) is 5.13. The van der Waals surface area contributed by atoms with Crippen LogP contribution in [0.3, 0.4) is 0 Å². The molecule has 1 N–H and O–H groups in total. The van der Waals surface area contributed by atoms with Crippen LogP contribution in [-0.2, 0) is 6.54 Å². The third kappa shape index (κ3) is 4.57. The van der Waals surface area contributed by atoms with Crippen molar-refractivity contribution in [2.45, 2.75) is 6.54 Å². The molecule has 0 aliphatic heterocycles. The molecule has 4 heteroatoms. The van der Waals surface area contributed by atoms with Crippen LogP contribution in [-0.4, -0.2) is 13.7 Å². The molecule has 0 atom stereocenters. The molecule has 0 unspecified atom stereocenters. The van der Waals surface area contributed by atoms with Crippen molar-refractivity contribution in [3.8, 4) is 18.1 Å². The van der Waals surface area contributed by atoms with E-state index in [4.69, 9.17) is 11.2 Å². The van der Waals surface area contributed by atoms with E-state index >= 15 is 0 Å². The first kappa shape index (κ1) is 14.3. The van der Waals surface area contributed by atoms with Crippen molar-refractivity contribution in [3.63, 3.8) is 0 Å². The number of halogens is 2. The molecule has 15 heavy (non-hydrogen) atoms. The standard InChI is InChI=1S/C11H12BrNO.ClH/c1-3-6-13-8-9-4-5-11(14-2)10(12)7-9;/h1,4-5,7,13H,6,8H2,2H3;1H. The van der Waals surface area contributed by atoms with E-state index in [2.05, 4.69) is 27.2 Å². The van der Waals surface area contributed by atoms with Crippen molar-refractivity contribution >= 4 is 28.3 Å².